The van der Waals surface area contributed by atoms with E-state index in [-0.39, 0.29) is 17.1 Å². The van der Waals surface area contributed by atoms with Crippen LogP contribution in [-0.4, -0.2) is 25.5 Å². The number of hydrogen-bond donors (Lipinski definition) is 2. The minimum Gasteiger partial charge on any atom is -0.324 e. The summed E-state index contributed by atoms with van der Waals surface area (Å²) in [7, 11) is -3.77. The van der Waals surface area contributed by atoms with Gasteiger partial charge in [0, 0.05) is 18.3 Å². The van der Waals surface area contributed by atoms with Crippen molar-refractivity contribution in [3.8, 4) is 6.07 Å². The van der Waals surface area contributed by atoms with Crippen LogP contribution in [-0.2, 0) is 10.0 Å². The van der Waals surface area contributed by atoms with Crippen LogP contribution in [0.1, 0.15) is 32.4 Å². The van der Waals surface area contributed by atoms with Gasteiger partial charge in [-0.25, -0.2) is 18.1 Å². The minimum atomic E-state index is -3.77. The van der Waals surface area contributed by atoms with Gasteiger partial charge in [-0.1, -0.05) is 13.8 Å². The molecule has 6 nitrogen and oxygen atoms in total. The van der Waals surface area contributed by atoms with Crippen LogP contribution in [0, 0.1) is 11.3 Å². The lowest BCUT2D eigenvalue weighted by Gasteiger charge is -2.26. The van der Waals surface area contributed by atoms with Crippen molar-refractivity contribution >= 4 is 10.0 Å². The summed E-state index contributed by atoms with van der Waals surface area (Å²) in [6.07, 6.45) is 2.69. The molecular weight excluding hydrogens is 264 g/mol. The lowest BCUT2D eigenvalue weighted by Crippen LogP contribution is -2.49. The van der Waals surface area contributed by atoms with Gasteiger partial charge in [0.15, 0.2) is 5.69 Å². The highest BCUT2D eigenvalue weighted by molar-refractivity contribution is 7.89. The van der Waals surface area contributed by atoms with Gasteiger partial charge in [-0.05, 0) is 25.0 Å². The minimum absolute atomic E-state index is 0.118. The smallest absolute Gasteiger partial charge is 0.243 e. The Kier molecular flexibility index (Phi) is 5.00. The number of hydrogen-bond acceptors (Lipinski definition) is 5. The fourth-order valence-electron chi connectivity index (χ4n) is 1.51. The predicted molar refractivity (Wildman–Crippen MR) is 71.6 cm³/mol. The number of nitrogens with two attached hydrogens (primary N) is 1. The monoisotopic (exact) mass is 282 g/mol. The molecule has 0 saturated heterocycles. The van der Waals surface area contributed by atoms with Crippen LogP contribution >= 0.6 is 0 Å². The summed E-state index contributed by atoms with van der Waals surface area (Å²) in [6.45, 7) is 3.94. The Balaban J connectivity index is 2.98. The maximum atomic E-state index is 12.1. The normalized spacial score (nSPS) is 12.1. The van der Waals surface area contributed by atoms with Crippen molar-refractivity contribution in [3.63, 3.8) is 0 Å². The van der Waals surface area contributed by atoms with E-state index < -0.39 is 15.6 Å². The fourth-order valence-corrected chi connectivity index (χ4v) is 2.75. The molecule has 1 aromatic heterocycles. The summed E-state index contributed by atoms with van der Waals surface area (Å²) in [5.41, 5.74) is 5.34. The Morgan fingerprint density at radius 2 is 2.11 bits per heavy atom. The summed E-state index contributed by atoms with van der Waals surface area (Å²) in [5, 5.41) is 8.87. The number of nitrogens with zero attached hydrogens (tertiary/aromatic N) is 2. The van der Waals surface area contributed by atoms with Crippen molar-refractivity contribution < 1.29 is 8.42 Å². The van der Waals surface area contributed by atoms with Gasteiger partial charge in [-0.3, -0.25) is 0 Å². The highest BCUT2D eigenvalue weighted by Gasteiger charge is 2.25. The second-order valence-electron chi connectivity index (χ2n) is 4.36. The molecule has 104 valence electrons. The molecule has 0 radical (unpaired) electrons. The van der Waals surface area contributed by atoms with Gasteiger partial charge >= 0.3 is 0 Å². The second-order valence-corrected chi connectivity index (χ2v) is 6.09. The third kappa shape index (κ3) is 3.73. The molecular formula is C12H18N4O2S. The van der Waals surface area contributed by atoms with E-state index in [1.807, 2.05) is 13.8 Å². The SMILES string of the molecule is CCC(N)(CC)CNS(=O)(=O)c1cccnc1C#N. The van der Waals surface area contributed by atoms with Crippen LogP contribution in [0.25, 0.3) is 0 Å². The Labute approximate surface area is 113 Å². The molecule has 0 spiro atoms. The zero-order valence-corrected chi connectivity index (χ0v) is 11.9. The van der Waals surface area contributed by atoms with E-state index in [4.69, 9.17) is 11.0 Å². The summed E-state index contributed by atoms with van der Waals surface area (Å²) in [6, 6.07) is 4.59. The van der Waals surface area contributed by atoms with Gasteiger partial charge in [0.25, 0.3) is 0 Å². The first kappa shape index (κ1) is 15.6. The van der Waals surface area contributed by atoms with Crippen molar-refractivity contribution in [3.05, 3.63) is 24.0 Å². The molecule has 0 fully saturated rings. The Morgan fingerprint density at radius 3 is 2.63 bits per heavy atom. The molecule has 0 amide bonds. The van der Waals surface area contributed by atoms with Gasteiger partial charge in [0.1, 0.15) is 11.0 Å². The first-order chi connectivity index (χ1) is 8.88. The van der Waals surface area contributed by atoms with Crippen LogP contribution in [0.5, 0.6) is 0 Å². The zero-order chi connectivity index (χ0) is 14.5. The quantitative estimate of drug-likeness (QED) is 0.800. The van der Waals surface area contributed by atoms with Crippen molar-refractivity contribution in [2.75, 3.05) is 6.54 Å². The van der Waals surface area contributed by atoms with Gasteiger partial charge < -0.3 is 5.73 Å². The molecule has 1 aromatic rings. The molecule has 3 N–H and O–H groups in total. The first-order valence-corrected chi connectivity index (χ1v) is 7.50. The predicted octanol–water partition coefficient (Wildman–Crippen LogP) is 0.749. The Bertz CT molecular complexity index is 574. The van der Waals surface area contributed by atoms with Gasteiger partial charge in [-0.15, -0.1) is 0 Å². The first-order valence-electron chi connectivity index (χ1n) is 6.02. The molecule has 0 aromatic carbocycles. The third-order valence-electron chi connectivity index (χ3n) is 3.19. The molecule has 0 aliphatic heterocycles. The summed E-state index contributed by atoms with van der Waals surface area (Å²) < 4.78 is 26.7. The maximum absolute atomic E-state index is 12.1. The topological polar surface area (TPSA) is 109 Å². The Hall–Kier alpha value is -1.49. The Morgan fingerprint density at radius 1 is 1.47 bits per heavy atom. The molecule has 0 bridgehead atoms. The lowest BCUT2D eigenvalue weighted by atomic mass is 9.95. The highest BCUT2D eigenvalue weighted by atomic mass is 32.2. The molecule has 0 atom stereocenters. The summed E-state index contributed by atoms with van der Waals surface area (Å²) in [5.74, 6) is 0. The van der Waals surface area contributed by atoms with Crippen molar-refractivity contribution in [2.24, 2.45) is 5.73 Å². The average Bonchev–Trinajstić information content (AvgIpc) is 2.44. The van der Waals surface area contributed by atoms with E-state index >= 15 is 0 Å². The standard InChI is InChI=1S/C12H18N4O2S/c1-3-12(14,4-2)9-16-19(17,18)11-6-5-7-15-10(11)8-13/h5-7,16H,3-4,9,14H2,1-2H3. The third-order valence-corrected chi connectivity index (χ3v) is 4.62. The summed E-state index contributed by atoms with van der Waals surface area (Å²) in [4.78, 5) is 3.62. The molecule has 1 heterocycles. The number of aromatic nitrogens is 1. The van der Waals surface area contributed by atoms with Crippen LogP contribution in [0.3, 0.4) is 0 Å². The van der Waals surface area contributed by atoms with Gasteiger partial charge in [0.2, 0.25) is 10.0 Å². The van der Waals surface area contributed by atoms with Gasteiger partial charge in [-0.2, -0.15) is 5.26 Å². The summed E-state index contributed by atoms with van der Waals surface area (Å²) >= 11 is 0. The fraction of sp³-hybridized carbons (Fsp3) is 0.500. The van der Waals surface area contributed by atoms with Crippen molar-refractivity contribution in [1.82, 2.24) is 9.71 Å². The molecule has 7 heteroatoms. The number of sulfonamides is 1. The number of rotatable bonds is 6. The lowest BCUT2D eigenvalue weighted by molar-refractivity contribution is 0.391. The molecule has 0 aliphatic rings. The number of nitriles is 1. The van der Waals surface area contributed by atoms with Crippen molar-refractivity contribution in [1.29, 1.82) is 5.26 Å². The number of nitrogens with one attached hydrogen (secondary N) is 1. The molecule has 0 aliphatic carbocycles. The average molecular weight is 282 g/mol. The maximum Gasteiger partial charge on any atom is 0.243 e. The largest absolute Gasteiger partial charge is 0.324 e. The number of pyridine rings is 1. The molecule has 0 saturated carbocycles. The van der Waals surface area contributed by atoms with E-state index in [0.717, 1.165) is 0 Å². The molecule has 19 heavy (non-hydrogen) atoms. The van der Waals surface area contributed by atoms with Crippen LogP contribution in [0.4, 0.5) is 0 Å². The van der Waals surface area contributed by atoms with Crippen LogP contribution in [0.2, 0.25) is 0 Å². The van der Waals surface area contributed by atoms with E-state index in [1.165, 1.54) is 18.3 Å². The van der Waals surface area contributed by atoms with E-state index in [9.17, 15) is 8.42 Å². The molecule has 1 rings (SSSR count). The molecule has 0 unspecified atom stereocenters. The zero-order valence-electron chi connectivity index (χ0n) is 11.0. The second kappa shape index (κ2) is 6.10. The van der Waals surface area contributed by atoms with E-state index in [2.05, 4.69) is 9.71 Å². The van der Waals surface area contributed by atoms with Crippen LogP contribution in [0.15, 0.2) is 23.2 Å². The highest BCUT2D eigenvalue weighted by Crippen LogP contribution is 2.14. The van der Waals surface area contributed by atoms with Crippen LogP contribution < -0.4 is 10.5 Å². The van der Waals surface area contributed by atoms with E-state index in [1.54, 1.807) is 6.07 Å². The van der Waals surface area contributed by atoms with Crippen molar-refractivity contribution in [2.45, 2.75) is 37.1 Å². The van der Waals surface area contributed by atoms with Gasteiger partial charge in [0.05, 0.1) is 0 Å². The van der Waals surface area contributed by atoms with E-state index in [0.29, 0.717) is 12.8 Å².